The minimum Gasteiger partial charge on any atom is -0.361 e. The summed E-state index contributed by atoms with van der Waals surface area (Å²) in [6.07, 6.45) is 3.90. The van der Waals surface area contributed by atoms with Crippen molar-refractivity contribution in [2.24, 2.45) is 0 Å². The van der Waals surface area contributed by atoms with Crippen LogP contribution in [-0.2, 0) is 17.8 Å². The summed E-state index contributed by atoms with van der Waals surface area (Å²) in [5.41, 5.74) is 2.11. The number of aromatic amines is 1. The summed E-state index contributed by atoms with van der Waals surface area (Å²) in [6, 6.07) is 8.06. The maximum Gasteiger partial charge on any atom is 0.325 e. The zero-order valence-corrected chi connectivity index (χ0v) is 15.4. The maximum atomic E-state index is 12.8. The van der Waals surface area contributed by atoms with Gasteiger partial charge in [-0.25, -0.2) is 9.78 Å². The van der Waals surface area contributed by atoms with Gasteiger partial charge in [-0.2, -0.15) is 0 Å². The number of carbonyl (C=O) groups excluding carboxylic acids is 2. The van der Waals surface area contributed by atoms with Crippen LogP contribution in [-0.4, -0.2) is 37.2 Å². The van der Waals surface area contributed by atoms with Gasteiger partial charge in [0.25, 0.3) is 11.5 Å². The lowest BCUT2D eigenvalue weighted by molar-refractivity contribution is -0.127. The molecule has 1 fully saturated rings. The van der Waals surface area contributed by atoms with Crippen molar-refractivity contribution in [3.8, 4) is 0 Å². The lowest BCUT2D eigenvalue weighted by Crippen LogP contribution is -2.32. The number of imide groups is 1. The first-order valence-electron chi connectivity index (χ1n) is 8.73. The highest BCUT2D eigenvalue weighted by atomic mass is 32.1. The molecule has 5 rings (SSSR count). The minimum atomic E-state index is -0.640. The highest BCUT2D eigenvalue weighted by Gasteiger charge is 2.38. The van der Waals surface area contributed by atoms with Crippen molar-refractivity contribution in [3.05, 3.63) is 69.7 Å². The molecule has 140 valence electrons. The fourth-order valence-electron chi connectivity index (χ4n) is 3.52. The summed E-state index contributed by atoms with van der Waals surface area (Å²) in [5, 5.41) is 5.53. The Labute approximate surface area is 162 Å². The molecule has 0 bridgehead atoms. The number of H-pyrrole nitrogens is 1. The first kappa shape index (κ1) is 16.7. The highest BCUT2D eigenvalue weighted by Crippen LogP contribution is 2.21. The van der Waals surface area contributed by atoms with E-state index in [1.165, 1.54) is 21.8 Å². The molecule has 3 amide bonds. The van der Waals surface area contributed by atoms with Gasteiger partial charge in [0.2, 0.25) is 0 Å². The number of thiazole rings is 1. The fourth-order valence-corrected chi connectivity index (χ4v) is 4.25. The van der Waals surface area contributed by atoms with Crippen LogP contribution in [0.15, 0.2) is 52.9 Å². The van der Waals surface area contributed by atoms with E-state index in [0.717, 1.165) is 21.4 Å². The number of rotatable bonds is 4. The Morgan fingerprint density at radius 3 is 2.93 bits per heavy atom. The SMILES string of the molecule is O=C1NC(Cc2c[nH]c3ccccc23)C(=O)N1Cc1cc(=O)n2ccsc2n1. The van der Waals surface area contributed by atoms with Gasteiger partial charge in [0.1, 0.15) is 6.04 Å². The van der Waals surface area contributed by atoms with Gasteiger partial charge in [-0.05, 0) is 11.6 Å². The van der Waals surface area contributed by atoms with Gasteiger partial charge >= 0.3 is 6.03 Å². The Kier molecular flexibility index (Phi) is 3.76. The molecule has 3 aromatic heterocycles. The molecule has 1 aromatic carbocycles. The van der Waals surface area contributed by atoms with Gasteiger partial charge in [-0.1, -0.05) is 18.2 Å². The molecule has 8 nitrogen and oxygen atoms in total. The van der Waals surface area contributed by atoms with E-state index in [9.17, 15) is 14.4 Å². The number of aromatic nitrogens is 3. The summed E-state index contributed by atoms with van der Waals surface area (Å²) >= 11 is 1.32. The van der Waals surface area contributed by atoms with E-state index in [2.05, 4.69) is 15.3 Å². The number of urea groups is 1. The number of hydrogen-bond donors (Lipinski definition) is 2. The molecule has 28 heavy (non-hydrogen) atoms. The highest BCUT2D eigenvalue weighted by molar-refractivity contribution is 7.15. The van der Waals surface area contributed by atoms with Gasteiger partial charge in [0, 0.05) is 41.2 Å². The Bertz CT molecular complexity index is 1290. The summed E-state index contributed by atoms with van der Waals surface area (Å²) < 4.78 is 1.43. The molecule has 1 aliphatic rings. The van der Waals surface area contributed by atoms with Gasteiger partial charge in [-0.3, -0.25) is 18.9 Å². The second kappa shape index (κ2) is 6.31. The molecule has 1 saturated heterocycles. The monoisotopic (exact) mass is 393 g/mol. The van der Waals surface area contributed by atoms with E-state index in [1.54, 1.807) is 11.6 Å². The molecule has 1 aliphatic heterocycles. The van der Waals surface area contributed by atoms with Crippen LogP contribution in [0.1, 0.15) is 11.3 Å². The van der Waals surface area contributed by atoms with Gasteiger partial charge in [0.05, 0.1) is 12.2 Å². The normalized spacial score (nSPS) is 17.0. The minimum absolute atomic E-state index is 0.0291. The summed E-state index contributed by atoms with van der Waals surface area (Å²) in [5.74, 6) is -0.316. The third kappa shape index (κ3) is 2.67. The molecule has 0 aliphatic carbocycles. The predicted octanol–water partition coefficient (Wildman–Crippen LogP) is 1.90. The van der Waals surface area contributed by atoms with E-state index >= 15 is 0 Å². The quantitative estimate of drug-likeness (QED) is 0.517. The van der Waals surface area contributed by atoms with Crippen molar-refractivity contribution in [2.75, 3.05) is 0 Å². The Hall–Kier alpha value is -3.46. The number of nitrogens with one attached hydrogen (secondary N) is 2. The predicted molar refractivity (Wildman–Crippen MR) is 104 cm³/mol. The number of para-hydroxylation sites is 1. The van der Waals surface area contributed by atoms with E-state index in [1.807, 2.05) is 30.5 Å². The zero-order chi connectivity index (χ0) is 19.3. The van der Waals surface area contributed by atoms with Crippen LogP contribution in [0, 0.1) is 0 Å². The first-order valence-corrected chi connectivity index (χ1v) is 9.61. The van der Waals surface area contributed by atoms with E-state index < -0.39 is 12.1 Å². The van der Waals surface area contributed by atoms with Crippen molar-refractivity contribution in [3.63, 3.8) is 0 Å². The molecule has 9 heteroatoms. The second-order valence-electron chi connectivity index (χ2n) is 6.63. The number of amides is 3. The molecule has 0 saturated carbocycles. The van der Waals surface area contributed by atoms with Gasteiger partial charge < -0.3 is 10.3 Å². The number of fused-ring (bicyclic) bond motifs is 2. The van der Waals surface area contributed by atoms with Crippen LogP contribution >= 0.6 is 11.3 Å². The van der Waals surface area contributed by atoms with Crippen molar-refractivity contribution in [1.29, 1.82) is 0 Å². The number of carbonyl (C=O) groups is 2. The summed E-state index contributed by atoms with van der Waals surface area (Å²) in [4.78, 5) is 46.5. The van der Waals surface area contributed by atoms with E-state index in [4.69, 9.17) is 0 Å². The molecule has 2 N–H and O–H groups in total. The van der Waals surface area contributed by atoms with E-state index in [-0.39, 0.29) is 18.0 Å². The molecule has 4 aromatic rings. The van der Waals surface area contributed by atoms with Crippen molar-refractivity contribution in [1.82, 2.24) is 24.6 Å². The Morgan fingerprint density at radius 2 is 2.04 bits per heavy atom. The molecule has 0 radical (unpaired) electrons. The third-order valence-corrected chi connectivity index (χ3v) is 5.64. The zero-order valence-electron chi connectivity index (χ0n) is 14.6. The van der Waals surface area contributed by atoms with Crippen LogP contribution in [0.5, 0.6) is 0 Å². The molecular weight excluding hydrogens is 378 g/mol. The number of nitrogens with zero attached hydrogens (tertiary/aromatic N) is 3. The number of hydrogen-bond acceptors (Lipinski definition) is 5. The van der Waals surface area contributed by atoms with Crippen LogP contribution < -0.4 is 10.9 Å². The molecule has 1 atom stereocenters. The maximum absolute atomic E-state index is 12.8. The molecule has 0 spiro atoms. The lowest BCUT2D eigenvalue weighted by Gasteiger charge is -2.12. The standard InChI is InChI=1S/C19H15N5O3S/c25-16-8-12(21-19-23(16)5-6-28-19)10-24-17(26)15(22-18(24)27)7-11-9-20-14-4-2-1-3-13(11)14/h1-6,8-9,15,20H,7,10H2,(H,22,27). The van der Waals surface area contributed by atoms with Crippen LogP contribution in [0.25, 0.3) is 15.9 Å². The smallest absolute Gasteiger partial charge is 0.325 e. The molecular formula is C19H15N5O3S. The Morgan fingerprint density at radius 1 is 1.18 bits per heavy atom. The van der Waals surface area contributed by atoms with Crippen LogP contribution in [0.2, 0.25) is 0 Å². The average Bonchev–Trinajstić information content (AvgIpc) is 3.38. The summed E-state index contributed by atoms with van der Waals surface area (Å²) in [6.45, 7) is -0.0291. The van der Waals surface area contributed by atoms with Crippen LogP contribution in [0.3, 0.4) is 0 Å². The number of benzene rings is 1. The molecule has 1 unspecified atom stereocenters. The fraction of sp³-hybridized carbons (Fsp3) is 0.158. The average molecular weight is 393 g/mol. The second-order valence-corrected chi connectivity index (χ2v) is 7.50. The van der Waals surface area contributed by atoms with Gasteiger partial charge in [-0.15, -0.1) is 11.3 Å². The lowest BCUT2D eigenvalue weighted by atomic mass is 10.1. The first-order chi connectivity index (χ1) is 13.6. The topological polar surface area (TPSA) is 99.6 Å². The Balaban J connectivity index is 1.38. The largest absolute Gasteiger partial charge is 0.361 e. The van der Waals surface area contributed by atoms with Crippen LogP contribution in [0.4, 0.5) is 4.79 Å². The van der Waals surface area contributed by atoms with Crippen molar-refractivity contribution >= 4 is 39.1 Å². The van der Waals surface area contributed by atoms with Crippen molar-refractivity contribution in [2.45, 2.75) is 19.0 Å². The summed E-state index contributed by atoms with van der Waals surface area (Å²) in [7, 11) is 0. The molecule has 4 heterocycles. The third-order valence-electron chi connectivity index (χ3n) is 4.88. The van der Waals surface area contributed by atoms with E-state index in [0.29, 0.717) is 17.1 Å². The van der Waals surface area contributed by atoms with Crippen molar-refractivity contribution < 1.29 is 9.59 Å². The van der Waals surface area contributed by atoms with Gasteiger partial charge in [0.15, 0.2) is 4.96 Å².